The standard InChI is InChI=1S/C21H21FN4O4/c1-13-17(7-9-29-13)20(28)23-11-18(27)26-8-3-5-15(12-26)21-24-19(25-30-21)14-4-2-6-16(22)10-14/h2,4,6-7,9-10,15H,3,5,8,11-12H2,1H3,(H,23,28). The van der Waals surface area contributed by atoms with E-state index >= 15 is 0 Å². The summed E-state index contributed by atoms with van der Waals surface area (Å²) in [5.41, 5.74) is 0.945. The monoisotopic (exact) mass is 412 g/mol. The zero-order chi connectivity index (χ0) is 21.1. The maximum Gasteiger partial charge on any atom is 0.255 e. The summed E-state index contributed by atoms with van der Waals surface area (Å²) in [4.78, 5) is 30.8. The summed E-state index contributed by atoms with van der Waals surface area (Å²) in [6.07, 6.45) is 3.02. The number of benzene rings is 1. The predicted molar refractivity (Wildman–Crippen MR) is 104 cm³/mol. The van der Waals surface area contributed by atoms with Gasteiger partial charge in [-0.3, -0.25) is 9.59 Å². The van der Waals surface area contributed by atoms with Crippen LogP contribution in [0, 0.1) is 12.7 Å². The van der Waals surface area contributed by atoms with Gasteiger partial charge in [0.1, 0.15) is 11.6 Å². The number of nitrogens with one attached hydrogen (secondary N) is 1. The van der Waals surface area contributed by atoms with Gasteiger partial charge in [-0.05, 0) is 38.0 Å². The normalized spacial score (nSPS) is 16.5. The van der Waals surface area contributed by atoms with Crippen LogP contribution in [-0.4, -0.2) is 46.5 Å². The summed E-state index contributed by atoms with van der Waals surface area (Å²) in [6.45, 7) is 2.61. The summed E-state index contributed by atoms with van der Waals surface area (Å²) in [5.74, 6) is 0.230. The van der Waals surface area contributed by atoms with Crippen LogP contribution in [0.2, 0.25) is 0 Å². The van der Waals surface area contributed by atoms with Gasteiger partial charge >= 0.3 is 0 Å². The van der Waals surface area contributed by atoms with E-state index in [4.69, 9.17) is 8.94 Å². The van der Waals surface area contributed by atoms with Gasteiger partial charge in [0.2, 0.25) is 17.6 Å². The van der Waals surface area contributed by atoms with Gasteiger partial charge in [-0.15, -0.1) is 0 Å². The quantitative estimate of drug-likeness (QED) is 0.691. The smallest absolute Gasteiger partial charge is 0.255 e. The number of furan rings is 1. The molecule has 0 radical (unpaired) electrons. The Kier molecular flexibility index (Phi) is 5.60. The molecule has 9 heteroatoms. The number of amides is 2. The molecule has 0 saturated carbocycles. The number of aryl methyl sites for hydroxylation is 1. The van der Waals surface area contributed by atoms with E-state index < -0.39 is 0 Å². The highest BCUT2D eigenvalue weighted by atomic mass is 19.1. The van der Waals surface area contributed by atoms with Crippen LogP contribution in [0.1, 0.15) is 40.8 Å². The molecule has 1 aliphatic rings. The highest BCUT2D eigenvalue weighted by molar-refractivity contribution is 5.97. The molecule has 1 atom stereocenters. The van der Waals surface area contributed by atoms with Crippen molar-refractivity contribution in [1.82, 2.24) is 20.4 Å². The average molecular weight is 412 g/mol. The zero-order valence-electron chi connectivity index (χ0n) is 16.4. The van der Waals surface area contributed by atoms with E-state index in [1.54, 1.807) is 30.0 Å². The highest BCUT2D eigenvalue weighted by Gasteiger charge is 2.29. The second kappa shape index (κ2) is 8.48. The van der Waals surface area contributed by atoms with Gasteiger partial charge in [0.25, 0.3) is 5.91 Å². The number of carbonyl (C=O) groups excluding carboxylic acids is 2. The van der Waals surface area contributed by atoms with Gasteiger partial charge in [-0.2, -0.15) is 4.98 Å². The van der Waals surface area contributed by atoms with Crippen molar-refractivity contribution in [1.29, 1.82) is 0 Å². The number of piperidine rings is 1. The van der Waals surface area contributed by atoms with Crippen LogP contribution in [0.5, 0.6) is 0 Å². The fourth-order valence-corrected chi connectivity index (χ4v) is 3.53. The Morgan fingerprint density at radius 1 is 1.33 bits per heavy atom. The lowest BCUT2D eigenvalue weighted by Crippen LogP contribution is -2.44. The summed E-state index contributed by atoms with van der Waals surface area (Å²) in [5, 5.41) is 6.58. The number of aromatic nitrogens is 2. The molecule has 156 valence electrons. The third kappa shape index (κ3) is 4.24. The lowest BCUT2D eigenvalue weighted by molar-refractivity contribution is -0.131. The molecular weight excluding hydrogens is 391 g/mol. The molecule has 1 unspecified atom stereocenters. The van der Waals surface area contributed by atoms with E-state index in [0.29, 0.717) is 41.7 Å². The first kappa shape index (κ1) is 19.8. The minimum Gasteiger partial charge on any atom is -0.469 e. The number of nitrogens with zero attached hydrogens (tertiary/aromatic N) is 3. The maximum absolute atomic E-state index is 13.4. The van der Waals surface area contributed by atoms with Gasteiger partial charge in [0.15, 0.2) is 0 Å². The molecule has 2 aromatic heterocycles. The Morgan fingerprint density at radius 2 is 2.20 bits per heavy atom. The summed E-state index contributed by atoms with van der Waals surface area (Å²) < 4.78 is 23.9. The molecule has 0 bridgehead atoms. The third-order valence-corrected chi connectivity index (χ3v) is 5.15. The molecule has 0 aliphatic carbocycles. The predicted octanol–water partition coefficient (Wildman–Crippen LogP) is 2.91. The van der Waals surface area contributed by atoms with Crippen LogP contribution in [-0.2, 0) is 4.79 Å². The zero-order valence-corrected chi connectivity index (χ0v) is 16.4. The van der Waals surface area contributed by atoms with E-state index in [1.165, 1.54) is 18.4 Å². The molecule has 3 heterocycles. The number of likely N-dealkylation sites (tertiary alicyclic amines) is 1. The molecule has 4 rings (SSSR count). The summed E-state index contributed by atoms with van der Waals surface area (Å²) >= 11 is 0. The van der Waals surface area contributed by atoms with Crippen LogP contribution < -0.4 is 5.32 Å². The van der Waals surface area contributed by atoms with E-state index in [-0.39, 0.29) is 30.1 Å². The lowest BCUT2D eigenvalue weighted by Gasteiger charge is -2.31. The minimum atomic E-state index is -0.374. The fraction of sp³-hybridized carbons (Fsp3) is 0.333. The van der Waals surface area contributed by atoms with Gasteiger partial charge in [0, 0.05) is 18.7 Å². The Bertz CT molecular complexity index is 1060. The van der Waals surface area contributed by atoms with Crippen LogP contribution in [0.25, 0.3) is 11.4 Å². The SMILES string of the molecule is Cc1occc1C(=O)NCC(=O)N1CCCC(c2nc(-c3cccc(F)c3)no2)C1. The van der Waals surface area contributed by atoms with Crippen LogP contribution in [0.3, 0.4) is 0 Å². The Morgan fingerprint density at radius 3 is 2.97 bits per heavy atom. The van der Waals surface area contributed by atoms with Crippen LogP contribution >= 0.6 is 0 Å². The van der Waals surface area contributed by atoms with Crippen molar-refractivity contribution in [2.75, 3.05) is 19.6 Å². The summed E-state index contributed by atoms with van der Waals surface area (Å²) in [7, 11) is 0. The Hall–Kier alpha value is -3.49. The molecule has 2 amide bonds. The van der Waals surface area contributed by atoms with Crippen molar-refractivity contribution >= 4 is 11.8 Å². The van der Waals surface area contributed by atoms with Crippen molar-refractivity contribution in [3.8, 4) is 11.4 Å². The minimum absolute atomic E-state index is 0.103. The Labute approximate surface area is 172 Å². The number of hydrogen-bond acceptors (Lipinski definition) is 6. The van der Waals surface area contributed by atoms with E-state index in [1.807, 2.05) is 0 Å². The van der Waals surface area contributed by atoms with E-state index in [0.717, 1.165) is 12.8 Å². The van der Waals surface area contributed by atoms with E-state index in [9.17, 15) is 14.0 Å². The number of rotatable bonds is 5. The van der Waals surface area contributed by atoms with Gasteiger partial charge in [0.05, 0.1) is 24.3 Å². The molecule has 1 aromatic carbocycles. The molecule has 1 aliphatic heterocycles. The molecule has 1 saturated heterocycles. The highest BCUT2D eigenvalue weighted by Crippen LogP contribution is 2.27. The van der Waals surface area contributed by atoms with Crippen LogP contribution in [0.15, 0.2) is 45.5 Å². The molecule has 8 nitrogen and oxygen atoms in total. The molecule has 30 heavy (non-hydrogen) atoms. The molecule has 0 spiro atoms. The average Bonchev–Trinajstić information content (AvgIpc) is 3.41. The van der Waals surface area contributed by atoms with Gasteiger partial charge in [-0.1, -0.05) is 17.3 Å². The number of hydrogen-bond donors (Lipinski definition) is 1. The first-order chi connectivity index (χ1) is 14.5. The topological polar surface area (TPSA) is 101 Å². The summed E-state index contributed by atoms with van der Waals surface area (Å²) in [6, 6.07) is 7.55. The third-order valence-electron chi connectivity index (χ3n) is 5.15. The lowest BCUT2D eigenvalue weighted by atomic mass is 9.98. The molecule has 3 aromatic rings. The van der Waals surface area contributed by atoms with Crippen molar-refractivity contribution < 1.29 is 22.9 Å². The molecular formula is C21H21FN4O4. The van der Waals surface area contributed by atoms with Crippen molar-refractivity contribution in [3.63, 3.8) is 0 Å². The molecule has 1 fully saturated rings. The van der Waals surface area contributed by atoms with Crippen molar-refractivity contribution in [2.24, 2.45) is 0 Å². The Balaban J connectivity index is 1.37. The van der Waals surface area contributed by atoms with E-state index in [2.05, 4.69) is 15.5 Å². The van der Waals surface area contributed by atoms with Crippen molar-refractivity contribution in [3.05, 3.63) is 59.6 Å². The van der Waals surface area contributed by atoms with Crippen LogP contribution in [0.4, 0.5) is 4.39 Å². The van der Waals surface area contributed by atoms with Crippen molar-refractivity contribution in [2.45, 2.75) is 25.7 Å². The first-order valence-electron chi connectivity index (χ1n) is 9.71. The molecule has 1 N–H and O–H groups in total. The maximum atomic E-state index is 13.4. The van der Waals surface area contributed by atoms with Gasteiger partial charge < -0.3 is 19.2 Å². The second-order valence-corrected chi connectivity index (χ2v) is 7.22. The number of halogens is 1. The second-order valence-electron chi connectivity index (χ2n) is 7.22. The largest absolute Gasteiger partial charge is 0.469 e. The van der Waals surface area contributed by atoms with Gasteiger partial charge in [-0.25, -0.2) is 4.39 Å². The first-order valence-corrected chi connectivity index (χ1v) is 9.71. The fourth-order valence-electron chi connectivity index (χ4n) is 3.53. The number of carbonyl (C=O) groups is 2.